The summed E-state index contributed by atoms with van der Waals surface area (Å²) in [7, 11) is 1.55. The van der Waals surface area contributed by atoms with Crippen molar-refractivity contribution in [2.45, 2.75) is 20.4 Å². The first-order chi connectivity index (χ1) is 10.1. The molecule has 1 aromatic rings. The van der Waals surface area contributed by atoms with Crippen LogP contribution in [0.2, 0.25) is 0 Å². The molecular weight excluding hydrogens is 272 g/mol. The summed E-state index contributed by atoms with van der Waals surface area (Å²) in [4.78, 5) is 25.8. The third-order valence-electron chi connectivity index (χ3n) is 3.21. The van der Waals surface area contributed by atoms with Gasteiger partial charge in [-0.1, -0.05) is 13.8 Å². The van der Waals surface area contributed by atoms with Gasteiger partial charge in [-0.15, -0.1) is 0 Å². The van der Waals surface area contributed by atoms with Crippen LogP contribution in [-0.4, -0.2) is 60.5 Å². The van der Waals surface area contributed by atoms with E-state index in [1.165, 1.54) is 16.8 Å². The van der Waals surface area contributed by atoms with Gasteiger partial charge in [-0.25, -0.2) is 4.68 Å². The molecule has 0 aliphatic rings. The first kappa shape index (κ1) is 17.3. The lowest BCUT2D eigenvalue weighted by molar-refractivity contribution is 0.0940. The fraction of sp³-hybridized carbons (Fsp3) is 0.643. The molecule has 21 heavy (non-hydrogen) atoms. The first-order valence-corrected chi connectivity index (χ1v) is 7.20. The van der Waals surface area contributed by atoms with E-state index in [9.17, 15) is 9.59 Å². The van der Waals surface area contributed by atoms with Gasteiger partial charge in [0.05, 0.1) is 13.2 Å². The SMILES string of the molecule is CCN(CC)CCNC(=O)c1ccc(=O)n(CCOC)n1. The van der Waals surface area contributed by atoms with Gasteiger partial charge in [0, 0.05) is 26.3 Å². The van der Waals surface area contributed by atoms with Crippen LogP contribution in [0.1, 0.15) is 24.3 Å². The van der Waals surface area contributed by atoms with Crippen LogP contribution in [-0.2, 0) is 11.3 Å². The average Bonchev–Trinajstić information content (AvgIpc) is 2.50. The minimum atomic E-state index is -0.270. The Bertz CT molecular complexity index is 497. The fourth-order valence-electron chi connectivity index (χ4n) is 1.87. The maximum Gasteiger partial charge on any atom is 0.271 e. The summed E-state index contributed by atoms with van der Waals surface area (Å²) in [6.45, 7) is 8.12. The second-order valence-electron chi connectivity index (χ2n) is 4.56. The molecular formula is C14H24N4O3. The van der Waals surface area contributed by atoms with Crippen molar-refractivity contribution in [3.63, 3.8) is 0 Å². The van der Waals surface area contributed by atoms with Crippen LogP contribution in [0.25, 0.3) is 0 Å². The van der Waals surface area contributed by atoms with Gasteiger partial charge in [-0.05, 0) is 19.2 Å². The predicted molar refractivity (Wildman–Crippen MR) is 80.5 cm³/mol. The Kier molecular flexibility index (Phi) is 7.63. The van der Waals surface area contributed by atoms with E-state index in [1.807, 2.05) is 0 Å². The molecule has 0 bridgehead atoms. The lowest BCUT2D eigenvalue weighted by Gasteiger charge is -2.17. The number of rotatable bonds is 9. The van der Waals surface area contributed by atoms with Crippen LogP contribution in [0.3, 0.4) is 0 Å². The Balaban J connectivity index is 2.59. The third-order valence-corrected chi connectivity index (χ3v) is 3.21. The number of likely N-dealkylation sites (N-methyl/N-ethyl adjacent to an activating group) is 1. The zero-order chi connectivity index (χ0) is 15.7. The molecule has 0 spiro atoms. The Hall–Kier alpha value is -1.73. The summed E-state index contributed by atoms with van der Waals surface area (Å²) >= 11 is 0. The molecule has 0 aliphatic carbocycles. The van der Waals surface area contributed by atoms with E-state index in [0.29, 0.717) is 19.7 Å². The van der Waals surface area contributed by atoms with E-state index in [1.54, 1.807) is 7.11 Å². The molecule has 0 radical (unpaired) electrons. The number of carbonyl (C=O) groups excluding carboxylic acids is 1. The molecule has 1 amide bonds. The van der Waals surface area contributed by atoms with Gasteiger partial charge in [-0.3, -0.25) is 9.59 Å². The fourth-order valence-corrected chi connectivity index (χ4v) is 1.87. The van der Waals surface area contributed by atoms with Crippen LogP contribution in [0.5, 0.6) is 0 Å². The number of hydrogen-bond donors (Lipinski definition) is 1. The number of hydrogen-bond acceptors (Lipinski definition) is 5. The minimum absolute atomic E-state index is 0.241. The predicted octanol–water partition coefficient (Wildman–Crippen LogP) is -0.0387. The summed E-state index contributed by atoms with van der Waals surface area (Å²) in [6, 6.07) is 2.79. The molecule has 7 nitrogen and oxygen atoms in total. The summed E-state index contributed by atoms with van der Waals surface area (Å²) in [5.41, 5.74) is -0.00279. The molecule has 118 valence electrons. The number of aromatic nitrogens is 2. The Morgan fingerprint density at radius 3 is 2.71 bits per heavy atom. The lowest BCUT2D eigenvalue weighted by atomic mass is 10.3. The molecule has 0 fully saturated rings. The molecule has 0 unspecified atom stereocenters. The first-order valence-electron chi connectivity index (χ1n) is 7.20. The smallest absolute Gasteiger partial charge is 0.271 e. The van der Waals surface area contributed by atoms with Crippen molar-refractivity contribution in [1.29, 1.82) is 0 Å². The zero-order valence-corrected chi connectivity index (χ0v) is 13.0. The number of methoxy groups -OCH3 is 1. The van der Waals surface area contributed by atoms with E-state index in [2.05, 4.69) is 29.2 Å². The monoisotopic (exact) mass is 296 g/mol. The van der Waals surface area contributed by atoms with Gasteiger partial charge in [0.25, 0.3) is 11.5 Å². The molecule has 1 aromatic heterocycles. The van der Waals surface area contributed by atoms with Crippen LogP contribution in [0, 0.1) is 0 Å². The topological polar surface area (TPSA) is 76.5 Å². The third kappa shape index (κ3) is 5.65. The zero-order valence-electron chi connectivity index (χ0n) is 13.0. The van der Waals surface area contributed by atoms with Gasteiger partial charge >= 0.3 is 0 Å². The largest absolute Gasteiger partial charge is 0.383 e. The minimum Gasteiger partial charge on any atom is -0.383 e. The second kappa shape index (κ2) is 9.25. The molecule has 0 aromatic carbocycles. The average molecular weight is 296 g/mol. The number of nitrogens with zero attached hydrogens (tertiary/aromatic N) is 3. The van der Waals surface area contributed by atoms with E-state index in [-0.39, 0.29) is 17.2 Å². The van der Waals surface area contributed by atoms with Crippen LogP contribution in [0.15, 0.2) is 16.9 Å². The Morgan fingerprint density at radius 1 is 1.38 bits per heavy atom. The van der Waals surface area contributed by atoms with Crippen molar-refractivity contribution in [3.8, 4) is 0 Å². The van der Waals surface area contributed by atoms with Crippen molar-refractivity contribution in [2.75, 3.05) is 39.9 Å². The maximum atomic E-state index is 12.0. The molecule has 0 saturated carbocycles. The highest BCUT2D eigenvalue weighted by atomic mass is 16.5. The van der Waals surface area contributed by atoms with E-state index in [0.717, 1.165) is 19.6 Å². The van der Waals surface area contributed by atoms with Gasteiger partial charge in [0.15, 0.2) is 0 Å². The Morgan fingerprint density at radius 2 is 2.10 bits per heavy atom. The molecule has 7 heteroatoms. The number of nitrogens with one attached hydrogen (secondary N) is 1. The lowest BCUT2D eigenvalue weighted by Crippen LogP contribution is -2.36. The Labute approximate surface area is 124 Å². The van der Waals surface area contributed by atoms with Gasteiger partial charge < -0.3 is 15.0 Å². The summed E-state index contributed by atoms with van der Waals surface area (Å²) in [6.07, 6.45) is 0. The standard InChI is InChI=1S/C14H24N4O3/c1-4-17(5-2)9-8-15-14(20)12-6-7-13(19)18(16-12)10-11-21-3/h6-7H,4-5,8-11H2,1-3H3,(H,15,20). The van der Waals surface area contributed by atoms with Crippen molar-refractivity contribution in [2.24, 2.45) is 0 Å². The summed E-state index contributed by atoms with van der Waals surface area (Å²) < 4.78 is 6.15. The van der Waals surface area contributed by atoms with Crippen molar-refractivity contribution >= 4 is 5.91 Å². The highest BCUT2D eigenvalue weighted by Gasteiger charge is 2.09. The van der Waals surface area contributed by atoms with Crippen molar-refractivity contribution in [3.05, 3.63) is 28.2 Å². The number of amides is 1. The number of carbonyl (C=O) groups is 1. The summed E-state index contributed by atoms with van der Waals surface area (Å²) in [5, 5.41) is 6.86. The molecule has 0 aliphatic heterocycles. The van der Waals surface area contributed by atoms with Gasteiger partial charge in [-0.2, -0.15) is 5.10 Å². The van der Waals surface area contributed by atoms with Crippen LogP contribution >= 0.6 is 0 Å². The maximum absolute atomic E-state index is 12.0. The van der Waals surface area contributed by atoms with E-state index < -0.39 is 0 Å². The van der Waals surface area contributed by atoms with Crippen LogP contribution < -0.4 is 10.9 Å². The number of ether oxygens (including phenoxy) is 1. The quantitative estimate of drug-likeness (QED) is 0.692. The molecule has 1 heterocycles. The summed E-state index contributed by atoms with van der Waals surface area (Å²) in [5.74, 6) is -0.270. The van der Waals surface area contributed by atoms with E-state index >= 15 is 0 Å². The second-order valence-corrected chi connectivity index (χ2v) is 4.56. The molecule has 1 N–H and O–H groups in total. The van der Waals surface area contributed by atoms with Crippen molar-refractivity contribution < 1.29 is 9.53 Å². The van der Waals surface area contributed by atoms with Crippen LogP contribution in [0.4, 0.5) is 0 Å². The van der Waals surface area contributed by atoms with Gasteiger partial charge in [0.1, 0.15) is 5.69 Å². The highest BCUT2D eigenvalue weighted by molar-refractivity contribution is 5.91. The molecule has 0 atom stereocenters. The van der Waals surface area contributed by atoms with Gasteiger partial charge in [0.2, 0.25) is 0 Å². The van der Waals surface area contributed by atoms with E-state index in [4.69, 9.17) is 4.74 Å². The normalized spacial score (nSPS) is 10.9. The van der Waals surface area contributed by atoms with Crippen molar-refractivity contribution in [1.82, 2.24) is 20.0 Å². The molecule has 1 rings (SSSR count). The molecule has 0 saturated heterocycles. The highest BCUT2D eigenvalue weighted by Crippen LogP contribution is 1.92.